The summed E-state index contributed by atoms with van der Waals surface area (Å²) >= 11 is 0. The van der Waals surface area contributed by atoms with E-state index in [1.165, 1.54) is 18.4 Å². The molecule has 92 valence electrons. The second kappa shape index (κ2) is 4.07. The van der Waals surface area contributed by atoms with Gasteiger partial charge in [0.05, 0.1) is 0 Å². The lowest BCUT2D eigenvalue weighted by molar-refractivity contribution is 0.245. The number of rotatable bonds is 2. The maximum absolute atomic E-state index is 13.3. The van der Waals surface area contributed by atoms with Crippen LogP contribution in [0.3, 0.4) is 0 Å². The van der Waals surface area contributed by atoms with E-state index >= 15 is 0 Å². The van der Waals surface area contributed by atoms with Crippen molar-refractivity contribution in [3.63, 3.8) is 0 Å². The normalized spacial score (nSPS) is 29.8. The molecule has 2 atom stereocenters. The molecule has 2 N–H and O–H groups in total. The number of aryl methyl sites for hydroxylation is 1. The molecule has 2 fully saturated rings. The molecule has 1 aromatic rings. The Hall–Kier alpha value is -0.930. The van der Waals surface area contributed by atoms with Gasteiger partial charge < -0.3 is 5.73 Å². The standard InChI is InChI=1S/C14H19FN2/c1-9-6-10(2-5-13(9)15)14-7-11(16)8-17(14)12-3-4-12/h2,5-6,11-12,14H,3-4,7-8,16H2,1H3. The van der Waals surface area contributed by atoms with Crippen LogP contribution in [-0.4, -0.2) is 23.5 Å². The lowest BCUT2D eigenvalue weighted by atomic mass is 10.0. The largest absolute Gasteiger partial charge is 0.326 e. The van der Waals surface area contributed by atoms with Crippen molar-refractivity contribution in [1.29, 1.82) is 0 Å². The molecule has 0 aromatic heterocycles. The Labute approximate surface area is 102 Å². The van der Waals surface area contributed by atoms with E-state index in [4.69, 9.17) is 5.73 Å². The number of nitrogens with two attached hydrogens (primary N) is 1. The fourth-order valence-corrected chi connectivity index (χ4v) is 2.91. The number of benzene rings is 1. The molecule has 2 aliphatic rings. The predicted octanol–water partition coefficient (Wildman–Crippen LogP) is 2.37. The minimum Gasteiger partial charge on any atom is -0.326 e. The maximum Gasteiger partial charge on any atom is 0.126 e. The fourth-order valence-electron chi connectivity index (χ4n) is 2.91. The lowest BCUT2D eigenvalue weighted by Crippen LogP contribution is -2.29. The zero-order chi connectivity index (χ0) is 12.0. The zero-order valence-electron chi connectivity index (χ0n) is 10.2. The van der Waals surface area contributed by atoms with Crippen LogP contribution in [-0.2, 0) is 0 Å². The van der Waals surface area contributed by atoms with E-state index in [1.54, 1.807) is 6.07 Å². The molecule has 0 spiro atoms. The van der Waals surface area contributed by atoms with E-state index in [9.17, 15) is 4.39 Å². The summed E-state index contributed by atoms with van der Waals surface area (Å²) in [5.74, 6) is -0.117. The highest BCUT2D eigenvalue weighted by atomic mass is 19.1. The summed E-state index contributed by atoms with van der Waals surface area (Å²) < 4.78 is 13.3. The third-order valence-electron chi connectivity index (χ3n) is 3.95. The number of nitrogens with zero attached hydrogens (tertiary/aromatic N) is 1. The molecule has 2 nitrogen and oxygen atoms in total. The Morgan fingerprint density at radius 3 is 2.76 bits per heavy atom. The predicted molar refractivity (Wildman–Crippen MR) is 66.2 cm³/mol. The van der Waals surface area contributed by atoms with Gasteiger partial charge in [0.2, 0.25) is 0 Å². The second-order valence-electron chi connectivity index (χ2n) is 5.45. The molecule has 1 aliphatic carbocycles. The maximum atomic E-state index is 13.3. The van der Waals surface area contributed by atoms with Crippen LogP contribution in [0.25, 0.3) is 0 Å². The van der Waals surface area contributed by atoms with Crippen molar-refractivity contribution < 1.29 is 4.39 Å². The highest BCUT2D eigenvalue weighted by Crippen LogP contribution is 2.40. The van der Waals surface area contributed by atoms with Crippen LogP contribution in [0.4, 0.5) is 4.39 Å². The molecule has 2 unspecified atom stereocenters. The smallest absolute Gasteiger partial charge is 0.126 e. The van der Waals surface area contributed by atoms with Gasteiger partial charge in [-0.05, 0) is 43.4 Å². The molecule has 17 heavy (non-hydrogen) atoms. The molecule has 0 radical (unpaired) electrons. The average Bonchev–Trinajstić information content (AvgIpc) is 3.06. The first-order valence-corrected chi connectivity index (χ1v) is 6.42. The monoisotopic (exact) mass is 234 g/mol. The quantitative estimate of drug-likeness (QED) is 0.851. The van der Waals surface area contributed by atoms with Crippen LogP contribution < -0.4 is 5.73 Å². The van der Waals surface area contributed by atoms with Crippen LogP contribution in [0.5, 0.6) is 0 Å². The first-order valence-electron chi connectivity index (χ1n) is 6.42. The van der Waals surface area contributed by atoms with E-state index in [0.717, 1.165) is 24.6 Å². The third-order valence-corrected chi connectivity index (χ3v) is 3.95. The first kappa shape index (κ1) is 11.2. The van der Waals surface area contributed by atoms with Crippen molar-refractivity contribution in [3.05, 3.63) is 35.1 Å². The molecule has 1 aromatic carbocycles. The van der Waals surface area contributed by atoms with Crippen molar-refractivity contribution in [2.45, 2.75) is 44.3 Å². The highest BCUT2D eigenvalue weighted by Gasteiger charge is 2.40. The van der Waals surface area contributed by atoms with Gasteiger partial charge in [0.25, 0.3) is 0 Å². The highest BCUT2D eigenvalue weighted by molar-refractivity contribution is 5.28. The van der Waals surface area contributed by atoms with E-state index in [1.807, 2.05) is 19.1 Å². The first-order chi connectivity index (χ1) is 8.15. The Bertz CT molecular complexity index is 428. The molecule has 1 saturated heterocycles. The summed E-state index contributed by atoms with van der Waals surface area (Å²) in [5.41, 5.74) is 8.03. The van der Waals surface area contributed by atoms with Crippen molar-refractivity contribution in [2.24, 2.45) is 5.73 Å². The summed E-state index contributed by atoms with van der Waals surface area (Å²) in [7, 11) is 0. The van der Waals surface area contributed by atoms with Crippen LogP contribution >= 0.6 is 0 Å². The number of halogens is 1. The van der Waals surface area contributed by atoms with E-state index in [2.05, 4.69) is 4.90 Å². The van der Waals surface area contributed by atoms with Gasteiger partial charge in [0, 0.05) is 24.7 Å². The molecule has 0 amide bonds. The van der Waals surface area contributed by atoms with Gasteiger partial charge in [0.15, 0.2) is 0 Å². The van der Waals surface area contributed by atoms with Crippen LogP contribution in [0.2, 0.25) is 0 Å². The second-order valence-corrected chi connectivity index (χ2v) is 5.45. The summed E-state index contributed by atoms with van der Waals surface area (Å²) in [6.07, 6.45) is 3.59. The SMILES string of the molecule is Cc1cc(C2CC(N)CN2C2CC2)ccc1F. The number of hydrogen-bond acceptors (Lipinski definition) is 2. The minimum atomic E-state index is -0.117. The molecular weight excluding hydrogens is 215 g/mol. The summed E-state index contributed by atoms with van der Waals surface area (Å²) in [5, 5.41) is 0. The van der Waals surface area contributed by atoms with Gasteiger partial charge in [0.1, 0.15) is 5.82 Å². The fraction of sp³-hybridized carbons (Fsp3) is 0.571. The molecule has 1 saturated carbocycles. The van der Waals surface area contributed by atoms with E-state index < -0.39 is 0 Å². The van der Waals surface area contributed by atoms with Gasteiger partial charge in [-0.25, -0.2) is 4.39 Å². The summed E-state index contributed by atoms with van der Waals surface area (Å²) in [6.45, 7) is 2.82. The zero-order valence-corrected chi connectivity index (χ0v) is 10.2. The van der Waals surface area contributed by atoms with Crippen molar-refractivity contribution in [1.82, 2.24) is 4.90 Å². The molecule has 3 heteroatoms. The molecule has 3 rings (SSSR count). The lowest BCUT2D eigenvalue weighted by Gasteiger charge is -2.24. The van der Waals surface area contributed by atoms with E-state index in [0.29, 0.717) is 6.04 Å². The van der Waals surface area contributed by atoms with E-state index in [-0.39, 0.29) is 11.9 Å². The summed E-state index contributed by atoms with van der Waals surface area (Å²) in [4.78, 5) is 2.51. The van der Waals surface area contributed by atoms with Crippen LogP contribution in [0.15, 0.2) is 18.2 Å². The molecular formula is C14H19FN2. The van der Waals surface area contributed by atoms with Crippen LogP contribution in [0.1, 0.15) is 36.4 Å². The Balaban J connectivity index is 1.88. The van der Waals surface area contributed by atoms with Crippen molar-refractivity contribution in [2.75, 3.05) is 6.54 Å². The van der Waals surface area contributed by atoms with Gasteiger partial charge >= 0.3 is 0 Å². The molecule has 1 aliphatic heterocycles. The number of likely N-dealkylation sites (tertiary alicyclic amines) is 1. The number of hydrogen-bond donors (Lipinski definition) is 1. The topological polar surface area (TPSA) is 29.3 Å². The molecule has 0 bridgehead atoms. The van der Waals surface area contributed by atoms with Gasteiger partial charge in [-0.15, -0.1) is 0 Å². The Morgan fingerprint density at radius 1 is 1.35 bits per heavy atom. The van der Waals surface area contributed by atoms with Gasteiger partial charge in [-0.2, -0.15) is 0 Å². The minimum absolute atomic E-state index is 0.117. The third kappa shape index (κ3) is 2.09. The summed E-state index contributed by atoms with van der Waals surface area (Å²) in [6, 6.07) is 6.87. The van der Waals surface area contributed by atoms with Gasteiger partial charge in [-0.3, -0.25) is 4.90 Å². The van der Waals surface area contributed by atoms with Crippen LogP contribution in [0, 0.1) is 12.7 Å². The Kier molecular flexibility index (Phi) is 2.68. The van der Waals surface area contributed by atoms with Crippen molar-refractivity contribution in [3.8, 4) is 0 Å². The average molecular weight is 234 g/mol. The van der Waals surface area contributed by atoms with Crippen molar-refractivity contribution >= 4 is 0 Å². The molecule has 1 heterocycles. The van der Waals surface area contributed by atoms with Gasteiger partial charge in [-0.1, -0.05) is 12.1 Å². The Morgan fingerprint density at radius 2 is 2.12 bits per heavy atom.